The first-order valence-electron chi connectivity index (χ1n) is 13.2. The maximum Gasteiger partial charge on any atom is 0.223 e. The molecule has 4 rings (SSSR count). The van der Waals surface area contributed by atoms with E-state index >= 15 is 0 Å². The number of hydrogen-bond acceptors (Lipinski definition) is 6. The molecule has 2 heterocycles. The van der Waals surface area contributed by atoms with E-state index in [9.17, 15) is 4.79 Å². The van der Waals surface area contributed by atoms with Gasteiger partial charge in [0, 0.05) is 30.6 Å². The molecular formula is C29H40N2O5. The Balaban J connectivity index is 1.42. The Morgan fingerprint density at radius 3 is 2.39 bits per heavy atom. The molecule has 2 aromatic carbocycles. The van der Waals surface area contributed by atoms with Crippen LogP contribution in [-0.4, -0.2) is 62.4 Å². The van der Waals surface area contributed by atoms with Crippen LogP contribution in [0, 0.1) is 0 Å². The van der Waals surface area contributed by atoms with E-state index in [4.69, 9.17) is 18.9 Å². The zero-order chi connectivity index (χ0) is 25.5. The van der Waals surface area contributed by atoms with Gasteiger partial charge in [0.05, 0.1) is 20.1 Å². The van der Waals surface area contributed by atoms with Crippen LogP contribution in [0.25, 0.3) is 0 Å². The van der Waals surface area contributed by atoms with Gasteiger partial charge in [-0.05, 0) is 68.7 Å². The first-order valence-corrected chi connectivity index (χ1v) is 13.2. The molecule has 7 nitrogen and oxygen atoms in total. The second-order valence-electron chi connectivity index (χ2n) is 9.97. The predicted molar refractivity (Wildman–Crippen MR) is 140 cm³/mol. The molecule has 1 N–H and O–H groups in total. The highest BCUT2D eigenvalue weighted by atomic mass is 16.6. The van der Waals surface area contributed by atoms with Gasteiger partial charge >= 0.3 is 0 Å². The van der Waals surface area contributed by atoms with Crippen LogP contribution in [0.15, 0.2) is 42.5 Å². The minimum absolute atomic E-state index is 0.00443. The first-order chi connectivity index (χ1) is 17.4. The second-order valence-corrected chi connectivity index (χ2v) is 9.97. The van der Waals surface area contributed by atoms with Gasteiger partial charge in [-0.2, -0.15) is 0 Å². The lowest BCUT2D eigenvalue weighted by molar-refractivity contribution is -0.122. The summed E-state index contributed by atoms with van der Waals surface area (Å²) < 4.78 is 22.5. The number of ether oxygens (including phenoxy) is 4. The molecule has 0 aliphatic carbocycles. The number of piperidine rings is 1. The molecule has 0 spiro atoms. The summed E-state index contributed by atoms with van der Waals surface area (Å²) in [5.41, 5.74) is 1.14. The molecule has 0 saturated carbocycles. The summed E-state index contributed by atoms with van der Waals surface area (Å²) in [7, 11) is 1.63. The molecular weight excluding hydrogens is 456 g/mol. The van der Waals surface area contributed by atoms with Crippen molar-refractivity contribution in [3.63, 3.8) is 0 Å². The number of hydrogen-bond donors (Lipinski definition) is 1. The summed E-state index contributed by atoms with van der Waals surface area (Å²) in [6.45, 7) is 9.04. The van der Waals surface area contributed by atoms with E-state index in [0.29, 0.717) is 38.3 Å². The summed E-state index contributed by atoms with van der Waals surface area (Å²) in [4.78, 5) is 15.6. The average Bonchev–Trinajstić information content (AvgIpc) is 2.90. The van der Waals surface area contributed by atoms with E-state index in [1.165, 1.54) is 19.3 Å². The van der Waals surface area contributed by atoms with Crippen molar-refractivity contribution in [2.75, 3.05) is 33.5 Å². The van der Waals surface area contributed by atoms with Crippen LogP contribution in [0.1, 0.15) is 57.9 Å². The molecule has 1 fully saturated rings. The van der Waals surface area contributed by atoms with Crippen LogP contribution in [0.3, 0.4) is 0 Å². The van der Waals surface area contributed by atoms with Crippen molar-refractivity contribution < 1.29 is 23.7 Å². The largest absolute Gasteiger partial charge is 0.497 e. The lowest BCUT2D eigenvalue weighted by Gasteiger charge is -2.42. The summed E-state index contributed by atoms with van der Waals surface area (Å²) >= 11 is 0. The Bertz CT molecular complexity index is 986. The molecule has 1 amide bonds. The summed E-state index contributed by atoms with van der Waals surface area (Å²) in [5.74, 6) is 3.16. The van der Waals surface area contributed by atoms with Crippen molar-refractivity contribution in [3.8, 4) is 23.0 Å². The monoisotopic (exact) mass is 496 g/mol. The fourth-order valence-corrected chi connectivity index (χ4v) is 5.18. The minimum Gasteiger partial charge on any atom is -0.497 e. The quantitative estimate of drug-likeness (QED) is 0.510. The highest BCUT2D eigenvalue weighted by molar-refractivity contribution is 5.76. The fraction of sp³-hybridized carbons (Fsp3) is 0.552. The van der Waals surface area contributed by atoms with Gasteiger partial charge in [0.2, 0.25) is 5.91 Å². The minimum atomic E-state index is -0.0379. The molecule has 2 aliphatic rings. The van der Waals surface area contributed by atoms with Gasteiger partial charge in [-0.25, -0.2) is 0 Å². The lowest BCUT2D eigenvalue weighted by atomic mass is 9.90. The van der Waals surface area contributed by atoms with Crippen LogP contribution in [0.4, 0.5) is 0 Å². The third-order valence-electron chi connectivity index (χ3n) is 7.48. The topological polar surface area (TPSA) is 69.3 Å². The molecule has 2 aliphatic heterocycles. The predicted octanol–water partition coefficient (Wildman–Crippen LogP) is 4.79. The number of rotatable bonds is 10. The lowest BCUT2D eigenvalue weighted by Crippen LogP contribution is -2.53. The molecule has 36 heavy (non-hydrogen) atoms. The number of carbonyl (C=O) groups is 1. The molecule has 0 aromatic heterocycles. The number of benzene rings is 2. The van der Waals surface area contributed by atoms with Crippen molar-refractivity contribution in [3.05, 3.63) is 48.0 Å². The molecule has 0 radical (unpaired) electrons. The van der Waals surface area contributed by atoms with E-state index < -0.39 is 0 Å². The molecule has 0 bridgehead atoms. The highest BCUT2D eigenvalue weighted by Crippen LogP contribution is 2.34. The number of amides is 1. The van der Waals surface area contributed by atoms with E-state index in [0.717, 1.165) is 35.1 Å². The van der Waals surface area contributed by atoms with E-state index in [-0.39, 0.29) is 17.9 Å². The van der Waals surface area contributed by atoms with E-state index in [1.807, 2.05) is 30.3 Å². The highest BCUT2D eigenvalue weighted by Gasteiger charge is 2.31. The molecule has 7 heteroatoms. The number of nitrogens with one attached hydrogen (secondary N) is 1. The van der Waals surface area contributed by atoms with Crippen LogP contribution in [-0.2, 0) is 4.79 Å². The third-order valence-corrected chi connectivity index (χ3v) is 7.48. The van der Waals surface area contributed by atoms with Crippen LogP contribution < -0.4 is 24.3 Å². The molecule has 2 aromatic rings. The first kappa shape index (κ1) is 26.1. The Morgan fingerprint density at radius 2 is 1.69 bits per heavy atom. The van der Waals surface area contributed by atoms with Gasteiger partial charge in [0.25, 0.3) is 0 Å². The van der Waals surface area contributed by atoms with Crippen LogP contribution in [0.2, 0.25) is 0 Å². The van der Waals surface area contributed by atoms with Gasteiger partial charge in [0.1, 0.15) is 24.7 Å². The Labute approximate surface area is 215 Å². The Kier molecular flexibility index (Phi) is 8.97. The maximum atomic E-state index is 13.0. The number of methoxy groups -OCH3 is 1. The van der Waals surface area contributed by atoms with Crippen molar-refractivity contribution in [2.24, 2.45) is 0 Å². The fourth-order valence-electron chi connectivity index (χ4n) is 5.18. The zero-order valence-electron chi connectivity index (χ0n) is 22.0. The SMILES string of the molecule is COc1ccc(OCCC(=O)N[C@H](CN2C(C)CCCC2C)[C@@H](C)c2ccc3c(c2)OCCO3)cc1. The smallest absolute Gasteiger partial charge is 0.223 e. The number of nitrogens with zero attached hydrogens (tertiary/aromatic N) is 1. The Hall–Kier alpha value is -2.93. The Morgan fingerprint density at radius 1 is 1.03 bits per heavy atom. The van der Waals surface area contributed by atoms with Gasteiger partial charge in [0.15, 0.2) is 11.5 Å². The normalized spacial score (nSPS) is 21.3. The van der Waals surface area contributed by atoms with Crippen molar-refractivity contribution >= 4 is 5.91 Å². The van der Waals surface area contributed by atoms with Crippen molar-refractivity contribution in [2.45, 2.75) is 70.5 Å². The summed E-state index contributed by atoms with van der Waals surface area (Å²) in [6, 6.07) is 14.5. The van der Waals surface area contributed by atoms with E-state index in [1.54, 1.807) is 7.11 Å². The standard InChI is InChI=1S/C29H40N2O5/c1-20-6-5-7-21(2)31(20)19-26(22(3)23-8-13-27-28(18-23)36-17-16-35-27)30-29(32)14-15-34-25-11-9-24(33-4)10-12-25/h8-13,18,20-22,26H,5-7,14-17,19H2,1-4H3,(H,30,32)/t20?,21?,22-,26+/m0/s1. The number of fused-ring (bicyclic) bond motifs is 1. The van der Waals surface area contributed by atoms with E-state index in [2.05, 4.69) is 43.1 Å². The molecule has 196 valence electrons. The van der Waals surface area contributed by atoms with Gasteiger partial charge in [-0.3, -0.25) is 9.69 Å². The number of carbonyl (C=O) groups excluding carboxylic acids is 1. The van der Waals surface area contributed by atoms with Crippen molar-refractivity contribution in [1.29, 1.82) is 0 Å². The third kappa shape index (κ3) is 6.64. The summed E-state index contributed by atoms with van der Waals surface area (Å²) in [5, 5.41) is 3.34. The van der Waals surface area contributed by atoms with Crippen LogP contribution >= 0.6 is 0 Å². The summed E-state index contributed by atoms with van der Waals surface area (Å²) in [6.07, 6.45) is 3.94. The molecule has 2 unspecified atom stereocenters. The average molecular weight is 497 g/mol. The van der Waals surface area contributed by atoms with Gasteiger partial charge < -0.3 is 24.3 Å². The molecule has 4 atom stereocenters. The number of likely N-dealkylation sites (tertiary alicyclic amines) is 1. The van der Waals surface area contributed by atoms with Crippen molar-refractivity contribution in [1.82, 2.24) is 10.2 Å². The second kappa shape index (κ2) is 12.3. The van der Waals surface area contributed by atoms with Crippen LogP contribution in [0.5, 0.6) is 23.0 Å². The van der Waals surface area contributed by atoms with Gasteiger partial charge in [-0.1, -0.05) is 19.4 Å². The van der Waals surface area contributed by atoms with Gasteiger partial charge in [-0.15, -0.1) is 0 Å². The zero-order valence-corrected chi connectivity index (χ0v) is 22.0. The molecule has 1 saturated heterocycles. The maximum absolute atomic E-state index is 13.0.